The van der Waals surface area contributed by atoms with Gasteiger partial charge in [0.1, 0.15) is 0 Å². The highest BCUT2D eigenvalue weighted by atomic mass is 19.1. The highest BCUT2D eigenvalue weighted by Crippen LogP contribution is 2.42. The van der Waals surface area contributed by atoms with E-state index in [4.69, 9.17) is 0 Å². The minimum atomic E-state index is -0.411. The molecule has 1 heterocycles. The monoisotopic (exact) mass is 229 g/mol. The molecule has 1 aromatic heterocycles. The number of hydrogen-bond donors (Lipinski definition) is 1. The third-order valence-corrected chi connectivity index (χ3v) is 2.95. The normalized spacial score (nSPS) is 22.2. The average molecular weight is 229 g/mol. The number of halogens is 1. The van der Waals surface area contributed by atoms with Crippen LogP contribution in [0.5, 0.6) is 0 Å². The number of hydrogen-bond acceptors (Lipinski definition) is 3. The summed E-state index contributed by atoms with van der Waals surface area (Å²) < 4.78 is 12.6. The van der Waals surface area contributed by atoms with E-state index < -0.39 is 5.82 Å². The smallest absolute Gasteiger partial charge is 0.223 e. The molecule has 3 nitrogen and oxygen atoms in total. The fourth-order valence-electron chi connectivity index (χ4n) is 1.98. The van der Waals surface area contributed by atoms with Crippen LogP contribution in [0, 0.1) is 5.82 Å². The summed E-state index contributed by atoms with van der Waals surface area (Å²) >= 11 is 0. The van der Waals surface area contributed by atoms with E-state index in [-0.39, 0.29) is 0 Å². The van der Waals surface area contributed by atoms with Gasteiger partial charge in [0.2, 0.25) is 5.95 Å². The molecule has 1 aliphatic rings. The maximum atomic E-state index is 12.6. The van der Waals surface area contributed by atoms with Gasteiger partial charge in [0.15, 0.2) is 5.82 Å². The van der Waals surface area contributed by atoms with Gasteiger partial charge in [0.25, 0.3) is 0 Å². The molecule has 1 aliphatic carbocycles. The van der Waals surface area contributed by atoms with Crippen molar-refractivity contribution in [2.75, 3.05) is 5.32 Å². The van der Waals surface area contributed by atoms with Crippen LogP contribution in [-0.2, 0) is 0 Å². The molecule has 86 valence electrons. The van der Waals surface area contributed by atoms with Crippen LogP contribution in [-0.4, -0.2) is 16.0 Å². The van der Waals surface area contributed by atoms with Crippen molar-refractivity contribution in [2.24, 2.45) is 0 Å². The quantitative estimate of drug-likeness (QED) is 0.879. The van der Waals surface area contributed by atoms with Crippen LogP contribution in [0.25, 0.3) is 0 Å². The van der Waals surface area contributed by atoms with Crippen LogP contribution >= 0.6 is 0 Å². The zero-order valence-corrected chi connectivity index (χ0v) is 9.18. The van der Waals surface area contributed by atoms with Gasteiger partial charge in [-0.25, -0.2) is 14.4 Å². The first kappa shape index (κ1) is 10.2. The second-order valence-electron chi connectivity index (χ2n) is 4.23. The zero-order valence-electron chi connectivity index (χ0n) is 9.18. The lowest BCUT2D eigenvalue weighted by atomic mass is 10.1. The molecule has 2 aromatic rings. The molecule has 1 saturated carbocycles. The number of nitrogens with one attached hydrogen (secondary N) is 1. The van der Waals surface area contributed by atoms with Crippen LogP contribution in [0.1, 0.15) is 17.9 Å². The fourth-order valence-corrected chi connectivity index (χ4v) is 1.98. The summed E-state index contributed by atoms with van der Waals surface area (Å²) in [5.41, 5.74) is 1.33. The Morgan fingerprint density at radius 3 is 2.53 bits per heavy atom. The second kappa shape index (κ2) is 4.13. The Bertz CT molecular complexity index is 498. The molecule has 0 saturated heterocycles. The van der Waals surface area contributed by atoms with Crippen molar-refractivity contribution < 1.29 is 4.39 Å². The summed E-state index contributed by atoms with van der Waals surface area (Å²) in [5.74, 6) is 0.602. The minimum absolute atomic E-state index is 0.364. The Hall–Kier alpha value is -1.97. The first-order valence-corrected chi connectivity index (χ1v) is 5.62. The topological polar surface area (TPSA) is 37.8 Å². The number of aromatic nitrogens is 2. The summed E-state index contributed by atoms with van der Waals surface area (Å²) in [6, 6.07) is 10.7. The van der Waals surface area contributed by atoms with Crippen molar-refractivity contribution in [1.29, 1.82) is 0 Å². The van der Waals surface area contributed by atoms with E-state index in [9.17, 15) is 4.39 Å². The van der Waals surface area contributed by atoms with Crippen molar-refractivity contribution in [3.63, 3.8) is 0 Å². The molecule has 0 spiro atoms. The van der Waals surface area contributed by atoms with E-state index in [1.165, 1.54) is 18.0 Å². The molecule has 1 aromatic carbocycles. The van der Waals surface area contributed by atoms with E-state index in [1.54, 1.807) is 0 Å². The number of nitrogens with zero attached hydrogens (tertiary/aromatic N) is 2. The number of benzene rings is 1. The minimum Gasteiger partial charge on any atom is -0.351 e. The maximum Gasteiger partial charge on any atom is 0.223 e. The van der Waals surface area contributed by atoms with E-state index >= 15 is 0 Å². The van der Waals surface area contributed by atoms with Gasteiger partial charge < -0.3 is 5.32 Å². The largest absolute Gasteiger partial charge is 0.351 e. The van der Waals surface area contributed by atoms with Gasteiger partial charge in [-0.15, -0.1) is 0 Å². The fraction of sp³-hybridized carbons (Fsp3) is 0.231. The molecule has 3 rings (SSSR count). The third kappa shape index (κ3) is 2.25. The Morgan fingerprint density at radius 1 is 1.12 bits per heavy atom. The molecule has 2 unspecified atom stereocenters. The van der Waals surface area contributed by atoms with E-state index in [0.717, 1.165) is 6.42 Å². The van der Waals surface area contributed by atoms with Crippen molar-refractivity contribution in [1.82, 2.24) is 9.97 Å². The highest BCUT2D eigenvalue weighted by molar-refractivity contribution is 5.36. The number of anilines is 1. The lowest BCUT2D eigenvalue weighted by Crippen LogP contribution is -2.07. The molecule has 1 fully saturated rings. The standard InChI is InChI=1S/C13H12FN3/c14-10-7-15-13(16-8-10)17-12-6-11(12)9-4-2-1-3-5-9/h1-5,7-8,11-12H,6H2,(H,15,16,17). The Kier molecular flexibility index (Phi) is 2.48. The summed E-state index contributed by atoms with van der Waals surface area (Å²) in [7, 11) is 0. The van der Waals surface area contributed by atoms with Crippen LogP contribution in [0.2, 0.25) is 0 Å². The van der Waals surface area contributed by atoms with Crippen molar-refractivity contribution in [2.45, 2.75) is 18.4 Å². The molecule has 1 N–H and O–H groups in total. The van der Waals surface area contributed by atoms with Gasteiger partial charge in [0, 0.05) is 12.0 Å². The van der Waals surface area contributed by atoms with Gasteiger partial charge in [-0.05, 0) is 12.0 Å². The van der Waals surface area contributed by atoms with Gasteiger partial charge >= 0.3 is 0 Å². The van der Waals surface area contributed by atoms with Gasteiger partial charge in [-0.1, -0.05) is 30.3 Å². The zero-order chi connectivity index (χ0) is 11.7. The van der Waals surface area contributed by atoms with Crippen molar-refractivity contribution in [3.8, 4) is 0 Å². The van der Waals surface area contributed by atoms with Crippen LogP contribution in [0.15, 0.2) is 42.7 Å². The Balaban J connectivity index is 1.64. The SMILES string of the molecule is Fc1cnc(NC2CC2c2ccccc2)nc1. The van der Waals surface area contributed by atoms with E-state index in [0.29, 0.717) is 17.9 Å². The van der Waals surface area contributed by atoms with Crippen LogP contribution < -0.4 is 5.32 Å². The molecule has 17 heavy (non-hydrogen) atoms. The molecular formula is C13H12FN3. The van der Waals surface area contributed by atoms with Gasteiger partial charge in [0.05, 0.1) is 12.4 Å². The van der Waals surface area contributed by atoms with Crippen LogP contribution in [0.3, 0.4) is 0 Å². The van der Waals surface area contributed by atoms with Crippen LogP contribution in [0.4, 0.5) is 10.3 Å². The molecule has 0 amide bonds. The summed E-state index contributed by atoms with van der Waals surface area (Å²) in [5, 5.41) is 3.20. The summed E-state index contributed by atoms with van der Waals surface area (Å²) in [6.07, 6.45) is 3.43. The molecule has 0 aliphatic heterocycles. The maximum absolute atomic E-state index is 12.6. The predicted octanol–water partition coefficient (Wildman–Crippen LogP) is 2.58. The van der Waals surface area contributed by atoms with E-state index in [2.05, 4.69) is 27.4 Å². The molecule has 2 atom stereocenters. The molecule has 4 heteroatoms. The van der Waals surface area contributed by atoms with Gasteiger partial charge in [-0.2, -0.15) is 0 Å². The molecule has 0 bridgehead atoms. The lowest BCUT2D eigenvalue weighted by molar-refractivity contribution is 0.614. The lowest BCUT2D eigenvalue weighted by Gasteiger charge is -2.03. The summed E-state index contributed by atoms with van der Waals surface area (Å²) in [4.78, 5) is 7.78. The molecular weight excluding hydrogens is 217 g/mol. The molecule has 0 radical (unpaired) electrons. The summed E-state index contributed by atoms with van der Waals surface area (Å²) in [6.45, 7) is 0. The predicted molar refractivity (Wildman–Crippen MR) is 63.2 cm³/mol. The Morgan fingerprint density at radius 2 is 1.82 bits per heavy atom. The first-order chi connectivity index (χ1) is 8.33. The van der Waals surface area contributed by atoms with E-state index in [1.807, 2.05) is 18.2 Å². The Labute approximate surface area is 98.7 Å². The highest BCUT2D eigenvalue weighted by Gasteiger charge is 2.38. The first-order valence-electron chi connectivity index (χ1n) is 5.62. The second-order valence-corrected chi connectivity index (χ2v) is 4.23. The number of rotatable bonds is 3. The third-order valence-electron chi connectivity index (χ3n) is 2.95. The van der Waals surface area contributed by atoms with Gasteiger partial charge in [-0.3, -0.25) is 0 Å². The van der Waals surface area contributed by atoms with Crippen molar-refractivity contribution >= 4 is 5.95 Å². The average Bonchev–Trinajstić information content (AvgIpc) is 3.13. The van der Waals surface area contributed by atoms with Crippen molar-refractivity contribution in [3.05, 3.63) is 54.1 Å².